The Hall–Kier alpha value is -4.28. The van der Waals surface area contributed by atoms with Crippen LogP contribution in [0.3, 0.4) is 0 Å². The molecule has 1 unspecified atom stereocenters. The zero-order valence-corrected chi connectivity index (χ0v) is 20.4. The summed E-state index contributed by atoms with van der Waals surface area (Å²) in [6, 6.07) is 19.6. The maximum Gasteiger partial charge on any atom is 0.296 e. The van der Waals surface area contributed by atoms with Crippen LogP contribution in [0.25, 0.3) is 0 Å². The molecule has 0 radical (unpaired) electrons. The number of amides is 2. The lowest BCUT2D eigenvalue weighted by molar-refractivity contribution is -0.116. The molecule has 1 aliphatic heterocycles. The van der Waals surface area contributed by atoms with Gasteiger partial charge < -0.3 is 15.5 Å². The highest BCUT2D eigenvalue weighted by molar-refractivity contribution is 6.24. The SMILES string of the molecule is CCNC(=O)C#Cc1ccc2c(c1)NC(=O)C2C(=Nc1ccc(CN(C)C)c(F)c1)c1ccccc1. The number of fused-ring (bicyclic) bond motifs is 1. The molecule has 2 amide bonds. The Kier molecular flexibility index (Phi) is 7.57. The van der Waals surface area contributed by atoms with Gasteiger partial charge in [-0.2, -0.15) is 0 Å². The Balaban J connectivity index is 1.74. The molecule has 3 aromatic carbocycles. The van der Waals surface area contributed by atoms with Crippen molar-refractivity contribution >= 4 is 28.9 Å². The molecule has 1 atom stereocenters. The molecule has 7 heteroatoms. The van der Waals surface area contributed by atoms with Crippen molar-refractivity contribution in [2.45, 2.75) is 19.4 Å². The highest BCUT2D eigenvalue weighted by Crippen LogP contribution is 2.37. The van der Waals surface area contributed by atoms with Crippen LogP contribution in [0.15, 0.2) is 71.7 Å². The van der Waals surface area contributed by atoms with Gasteiger partial charge in [-0.25, -0.2) is 4.39 Å². The van der Waals surface area contributed by atoms with E-state index in [1.807, 2.05) is 62.3 Å². The maximum absolute atomic E-state index is 14.8. The maximum atomic E-state index is 14.8. The van der Waals surface area contributed by atoms with Crippen LogP contribution in [0.4, 0.5) is 15.8 Å². The normalized spacial score (nSPS) is 14.6. The monoisotopic (exact) mass is 482 g/mol. The number of halogens is 1. The molecular formula is C29H27FN4O2. The number of nitrogens with zero attached hydrogens (tertiary/aromatic N) is 2. The third kappa shape index (κ3) is 5.68. The average Bonchev–Trinajstić information content (AvgIpc) is 3.18. The van der Waals surface area contributed by atoms with E-state index in [1.54, 1.807) is 24.3 Å². The minimum atomic E-state index is -0.683. The summed E-state index contributed by atoms with van der Waals surface area (Å²) >= 11 is 0. The number of benzene rings is 3. The van der Waals surface area contributed by atoms with Gasteiger partial charge in [0.25, 0.3) is 5.91 Å². The highest BCUT2D eigenvalue weighted by atomic mass is 19.1. The van der Waals surface area contributed by atoms with Gasteiger partial charge in [-0.05, 0) is 56.4 Å². The van der Waals surface area contributed by atoms with Gasteiger partial charge in [0.1, 0.15) is 11.7 Å². The lowest BCUT2D eigenvalue weighted by Gasteiger charge is -2.15. The molecule has 2 N–H and O–H groups in total. The lowest BCUT2D eigenvalue weighted by Crippen LogP contribution is -2.22. The molecule has 4 rings (SSSR count). The Morgan fingerprint density at radius 1 is 1.11 bits per heavy atom. The minimum Gasteiger partial charge on any atom is -0.346 e. The van der Waals surface area contributed by atoms with Crippen LogP contribution in [-0.4, -0.2) is 43.1 Å². The van der Waals surface area contributed by atoms with Crippen molar-refractivity contribution in [3.05, 3.63) is 94.8 Å². The van der Waals surface area contributed by atoms with Gasteiger partial charge in [0, 0.05) is 35.8 Å². The smallest absolute Gasteiger partial charge is 0.296 e. The number of carbonyl (C=O) groups excluding carboxylic acids is 2. The van der Waals surface area contributed by atoms with E-state index < -0.39 is 5.92 Å². The second-order valence-electron chi connectivity index (χ2n) is 8.71. The van der Waals surface area contributed by atoms with Gasteiger partial charge in [0.2, 0.25) is 5.91 Å². The molecule has 0 saturated heterocycles. The number of rotatable bonds is 6. The summed E-state index contributed by atoms with van der Waals surface area (Å²) in [6.07, 6.45) is 0. The first-order valence-electron chi connectivity index (χ1n) is 11.7. The Morgan fingerprint density at radius 3 is 2.58 bits per heavy atom. The molecule has 3 aromatic rings. The van der Waals surface area contributed by atoms with E-state index in [1.165, 1.54) is 6.07 Å². The van der Waals surface area contributed by atoms with Crippen molar-refractivity contribution in [3.63, 3.8) is 0 Å². The number of anilines is 1. The topological polar surface area (TPSA) is 73.8 Å². The highest BCUT2D eigenvalue weighted by Gasteiger charge is 2.35. The molecule has 1 heterocycles. The Labute approximate surface area is 210 Å². The summed E-state index contributed by atoms with van der Waals surface area (Å²) in [5.41, 5.74) is 4.26. The summed E-state index contributed by atoms with van der Waals surface area (Å²) in [4.78, 5) is 31.5. The molecule has 0 spiro atoms. The average molecular weight is 483 g/mol. The van der Waals surface area contributed by atoms with Crippen LogP contribution in [0.1, 0.15) is 35.1 Å². The van der Waals surface area contributed by atoms with E-state index in [-0.39, 0.29) is 17.6 Å². The van der Waals surface area contributed by atoms with E-state index in [0.717, 1.165) is 11.1 Å². The van der Waals surface area contributed by atoms with Crippen LogP contribution in [0, 0.1) is 17.7 Å². The first kappa shape index (κ1) is 24.8. The summed E-state index contributed by atoms with van der Waals surface area (Å²) in [5, 5.41) is 5.54. The summed E-state index contributed by atoms with van der Waals surface area (Å²) in [5.74, 6) is 3.75. The third-order valence-corrected chi connectivity index (χ3v) is 5.66. The van der Waals surface area contributed by atoms with Crippen LogP contribution < -0.4 is 10.6 Å². The molecular weight excluding hydrogens is 455 g/mol. The summed E-state index contributed by atoms with van der Waals surface area (Å²) in [7, 11) is 3.76. The van der Waals surface area contributed by atoms with Crippen molar-refractivity contribution in [2.75, 3.05) is 26.0 Å². The van der Waals surface area contributed by atoms with E-state index in [4.69, 9.17) is 4.99 Å². The number of hydrogen-bond donors (Lipinski definition) is 2. The van der Waals surface area contributed by atoms with E-state index in [2.05, 4.69) is 22.5 Å². The molecule has 6 nitrogen and oxygen atoms in total. The van der Waals surface area contributed by atoms with Gasteiger partial charge in [-0.15, -0.1) is 0 Å². The van der Waals surface area contributed by atoms with Crippen LogP contribution in [0.2, 0.25) is 0 Å². The molecule has 0 aliphatic carbocycles. The van der Waals surface area contributed by atoms with Crippen molar-refractivity contribution in [2.24, 2.45) is 4.99 Å². The van der Waals surface area contributed by atoms with Crippen molar-refractivity contribution < 1.29 is 14.0 Å². The molecule has 0 saturated carbocycles. The number of aliphatic imine (C=N–C) groups is 1. The fourth-order valence-electron chi connectivity index (χ4n) is 4.06. The minimum absolute atomic E-state index is 0.230. The molecule has 182 valence electrons. The molecule has 0 bridgehead atoms. The van der Waals surface area contributed by atoms with Gasteiger partial charge in [-0.3, -0.25) is 14.6 Å². The lowest BCUT2D eigenvalue weighted by atomic mass is 9.90. The summed E-state index contributed by atoms with van der Waals surface area (Å²) < 4.78 is 14.8. The Bertz CT molecular complexity index is 1390. The van der Waals surface area contributed by atoms with E-state index >= 15 is 0 Å². The molecule has 0 aromatic heterocycles. The van der Waals surface area contributed by atoms with E-state index in [9.17, 15) is 14.0 Å². The molecule has 1 aliphatic rings. The summed E-state index contributed by atoms with van der Waals surface area (Å²) in [6.45, 7) is 2.80. The van der Waals surface area contributed by atoms with Crippen molar-refractivity contribution in [1.82, 2.24) is 10.2 Å². The van der Waals surface area contributed by atoms with Gasteiger partial charge in [0.15, 0.2) is 0 Å². The fraction of sp³-hybridized carbons (Fsp3) is 0.207. The van der Waals surface area contributed by atoms with Gasteiger partial charge >= 0.3 is 0 Å². The first-order valence-corrected chi connectivity index (χ1v) is 11.7. The zero-order valence-electron chi connectivity index (χ0n) is 20.4. The zero-order chi connectivity index (χ0) is 25.7. The standard InChI is InChI=1S/C29H27FN4O2/c1-4-31-26(35)15-11-19-10-14-23-25(16-19)33-29(36)27(23)28(20-8-6-5-7-9-20)32-22-13-12-21(18-34(2)3)24(30)17-22/h5-10,12-14,16-17,27H,4,18H2,1-3H3,(H,31,35)(H,33,36). The third-order valence-electron chi connectivity index (χ3n) is 5.66. The van der Waals surface area contributed by atoms with Crippen LogP contribution >= 0.6 is 0 Å². The van der Waals surface area contributed by atoms with Crippen molar-refractivity contribution in [3.8, 4) is 11.8 Å². The predicted octanol–water partition coefficient (Wildman–Crippen LogP) is 4.23. The van der Waals surface area contributed by atoms with Gasteiger partial charge in [-0.1, -0.05) is 48.4 Å². The number of hydrogen-bond acceptors (Lipinski definition) is 4. The predicted molar refractivity (Wildman–Crippen MR) is 140 cm³/mol. The van der Waals surface area contributed by atoms with Crippen LogP contribution in [0.5, 0.6) is 0 Å². The first-order chi connectivity index (χ1) is 17.4. The Morgan fingerprint density at radius 2 is 1.89 bits per heavy atom. The van der Waals surface area contributed by atoms with Gasteiger partial charge in [0.05, 0.1) is 11.4 Å². The van der Waals surface area contributed by atoms with Crippen LogP contribution in [-0.2, 0) is 16.1 Å². The van der Waals surface area contributed by atoms with Crippen molar-refractivity contribution in [1.29, 1.82) is 0 Å². The molecule has 0 fully saturated rings. The number of nitrogens with one attached hydrogen (secondary N) is 2. The second kappa shape index (κ2) is 11.0. The quantitative estimate of drug-likeness (QED) is 0.408. The number of carbonyl (C=O) groups is 2. The second-order valence-corrected chi connectivity index (χ2v) is 8.71. The molecule has 36 heavy (non-hydrogen) atoms. The van der Waals surface area contributed by atoms with E-state index in [0.29, 0.717) is 41.3 Å². The fourth-order valence-corrected chi connectivity index (χ4v) is 4.06. The largest absolute Gasteiger partial charge is 0.346 e.